The lowest BCUT2D eigenvalue weighted by atomic mass is 10.0. The highest BCUT2D eigenvalue weighted by Gasteiger charge is 2.17. The highest BCUT2D eigenvalue weighted by Crippen LogP contribution is 2.23. The van der Waals surface area contributed by atoms with Gasteiger partial charge in [-0.1, -0.05) is 30.3 Å². The van der Waals surface area contributed by atoms with Crippen molar-refractivity contribution < 1.29 is 4.79 Å². The Balaban J connectivity index is 2.47. The summed E-state index contributed by atoms with van der Waals surface area (Å²) in [6.07, 6.45) is 2.57. The van der Waals surface area contributed by atoms with Crippen molar-refractivity contribution in [3.8, 4) is 0 Å². The Bertz CT molecular complexity index is 396. The smallest absolute Gasteiger partial charge is 0.230 e. The van der Waals surface area contributed by atoms with Crippen molar-refractivity contribution in [3.05, 3.63) is 23.4 Å². The molecule has 1 aromatic heterocycles. The van der Waals surface area contributed by atoms with Crippen LogP contribution in [0.25, 0.3) is 0 Å². The fourth-order valence-corrected chi connectivity index (χ4v) is 2.08. The summed E-state index contributed by atoms with van der Waals surface area (Å²) in [5.41, 5.74) is -0.161. The lowest BCUT2D eigenvalue weighted by Crippen LogP contribution is -2.43. The molecular formula is C12H17ClN2OS. The summed E-state index contributed by atoms with van der Waals surface area (Å²) < 4.78 is 0. The van der Waals surface area contributed by atoms with E-state index in [1.807, 2.05) is 20.8 Å². The van der Waals surface area contributed by atoms with Crippen molar-refractivity contribution in [2.24, 2.45) is 0 Å². The molecule has 0 saturated heterocycles. The fourth-order valence-electron chi connectivity index (χ4n) is 1.11. The summed E-state index contributed by atoms with van der Waals surface area (Å²) in [6, 6.07) is 3.54. The van der Waals surface area contributed by atoms with E-state index >= 15 is 0 Å². The maximum absolute atomic E-state index is 11.7. The molecule has 0 fully saturated rings. The Morgan fingerprint density at radius 2 is 2.29 bits per heavy atom. The van der Waals surface area contributed by atoms with E-state index in [1.165, 1.54) is 11.8 Å². The van der Waals surface area contributed by atoms with E-state index in [4.69, 9.17) is 11.6 Å². The van der Waals surface area contributed by atoms with Crippen LogP contribution in [-0.2, 0) is 4.79 Å². The minimum atomic E-state index is -0.161. The van der Waals surface area contributed by atoms with Gasteiger partial charge in [-0.2, -0.15) is 0 Å². The number of hydrogen-bond acceptors (Lipinski definition) is 3. The second-order valence-corrected chi connectivity index (χ2v) is 5.74. The third-order valence-electron chi connectivity index (χ3n) is 2.43. The Labute approximate surface area is 111 Å². The van der Waals surface area contributed by atoms with Gasteiger partial charge in [0.25, 0.3) is 0 Å². The van der Waals surface area contributed by atoms with E-state index in [2.05, 4.69) is 10.3 Å². The van der Waals surface area contributed by atoms with E-state index in [0.29, 0.717) is 15.8 Å². The lowest BCUT2D eigenvalue weighted by molar-refractivity contribution is -0.120. The fraction of sp³-hybridized carbons (Fsp3) is 0.500. The molecule has 1 aromatic rings. The van der Waals surface area contributed by atoms with E-state index in [-0.39, 0.29) is 11.4 Å². The van der Waals surface area contributed by atoms with E-state index < -0.39 is 0 Å². The highest BCUT2D eigenvalue weighted by atomic mass is 35.5. The Hall–Kier alpha value is -0.740. The SMILES string of the molecule is CCC(C)(C)NC(=O)CSc1ncccc1Cl. The zero-order valence-electron chi connectivity index (χ0n) is 10.3. The molecule has 0 aliphatic carbocycles. The number of thioether (sulfide) groups is 1. The molecule has 0 unspecified atom stereocenters. The molecule has 17 heavy (non-hydrogen) atoms. The average Bonchev–Trinajstić information content (AvgIpc) is 2.27. The predicted octanol–water partition coefficient (Wildman–Crippen LogP) is 3.13. The summed E-state index contributed by atoms with van der Waals surface area (Å²) in [5.74, 6) is 0.337. The van der Waals surface area contributed by atoms with Gasteiger partial charge in [-0.25, -0.2) is 4.98 Å². The monoisotopic (exact) mass is 272 g/mol. The number of nitrogens with zero attached hydrogens (tertiary/aromatic N) is 1. The number of hydrogen-bond donors (Lipinski definition) is 1. The number of nitrogens with one attached hydrogen (secondary N) is 1. The van der Waals surface area contributed by atoms with Crippen LogP contribution in [0.5, 0.6) is 0 Å². The summed E-state index contributed by atoms with van der Waals surface area (Å²) in [5, 5.41) is 4.24. The molecule has 0 aliphatic heterocycles. The van der Waals surface area contributed by atoms with Crippen LogP contribution in [0.4, 0.5) is 0 Å². The maximum atomic E-state index is 11.7. The molecule has 0 spiro atoms. The number of pyridine rings is 1. The van der Waals surface area contributed by atoms with Crippen LogP contribution in [0.1, 0.15) is 27.2 Å². The number of halogens is 1. The molecule has 94 valence electrons. The number of carbonyl (C=O) groups is 1. The van der Waals surface area contributed by atoms with Gasteiger partial charge < -0.3 is 5.32 Å². The summed E-state index contributed by atoms with van der Waals surface area (Å²) in [4.78, 5) is 15.8. The Kier molecular flexibility index (Phi) is 5.28. The second kappa shape index (κ2) is 6.26. The van der Waals surface area contributed by atoms with Crippen LogP contribution in [0.3, 0.4) is 0 Å². The van der Waals surface area contributed by atoms with Gasteiger partial charge in [-0.05, 0) is 32.4 Å². The van der Waals surface area contributed by atoms with Crippen LogP contribution in [-0.4, -0.2) is 22.2 Å². The first-order valence-corrected chi connectivity index (χ1v) is 6.85. The maximum Gasteiger partial charge on any atom is 0.230 e. The first kappa shape index (κ1) is 14.3. The molecule has 1 N–H and O–H groups in total. The van der Waals surface area contributed by atoms with Gasteiger partial charge >= 0.3 is 0 Å². The minimum absolute atomic E-state index is 0.00331. The van der Waals surface area contributed by atoms with E-state index in [0.717, 1.165) is 6.42 Å². The molecule has 3 nitrogen and oxygen atoms in total. The van der Waals surface area contributed by atoms with Gasteiger partial charge in [-0.15, -0.1) is 0 Å². The molecule has 0 saturated carbocycles. The molecule has 1 rings (SSSR count). The van der Waals surface area contributed by atoms with Gasteiger partial charge in [0.05, 0.1) is 10.8 Å². The molecule has 5 heteroatoms. The second-order valence-electron chi connectivity index (χ2n) is 4.36. The van der Waals surface area contributed by atoms with E-state index in [9.17, 15) is 4.79 Å². The summed E-state index contributed by atoms with van der Waals surface area (Å²) >= 11 is 7.30. The van der Waals surface area contributed by atoms with E-state index in [1.54, 1.807) is 18.3 Å². The average molecular weight is 273 g/mol. The number of rotatable bonds is 5. The van der Waals surface area contributed by atoms with Gasteiger partial charge in [-0.3, -0.25) is 4.79 Å². The van der Waals surface area contributed by atoms with Gasteiger partial charge in [0.2, 0.25) is 5.91 Å². The van der Waals surface area contributed by atoms with Crippen molar-refractivity contribution in [3.63, 3.8) is 0 Å². The number of aromatic nitrogens is 1. The van der Waals surface area contributed by atoms with Crippen LogP contribution in [0, 0.1) is 0 Å². The van der Waals surface area contributed by atoms with Crippen molar-refractivity contribution in [2.75, 3.05) is 5.75 Å². The Morgan fingerprint density at radius 1 is 1.59 bits per heavy atom. The number of carbonyl (C=O) groups excluding carboxylic acids is 1. The standard InChI is InChI=1S/C12H17ClN2OS/c1-4-12(2,3)15-10(16)8-17-11-9(13)6-5-7-14-11/h5-7H,4,8H2,1-3H3,(H,15,16). The first-order chi connectivity index (χ1) is 7.94. The molecule has 0 atom stereocenters. The third kappa shape index (κ3) is 4.96. The van der Waals surface area contributed by atoms with Crippen LogP contribution in [0.2, 0.25) is 5.02 Å². The van der Waals surface area contributed by atoms with Gasteiger partial charge in [0.15, 0.2) is 0 Å². The van der Waals surface area contributed by atoms with Gasteiger partial charge in [0.1, 0.15) is 5.03 Å². The number of amides is 1. The van der Waals surface area contributed by atoms with Crippen molar-refractivity contribution >= 4 is 29.3 Å². The van der Waals surface area contributed by atoms with Crippen molar-refractivity contribution in [1.82, 2.24) is 10.3 Å². The quantitative estimate of drug-likeness (QED) is 0.838. The summed E-state index contributed by atoms with van der Waals surface area (Å²) in [7, 11) is 0. The first-order valence-electron chi connectivity index (χ1n) is 5.49. The molecule has 0 bridgehead atoms. The topological polar surface area (TPSA) is 42.0 Å². The summed E-state index contributed by atoms with van der Waals surface area (Å²) in [6.45, 7) is 6.05. The largest absolute Gasteiger partial charge is 0.351 e. The predicted molar refractivity (Wildman–Crippen MR) is 72.5 cm³/mol. The van der Waals surface area contributed by atoms with Gasteiger partial charge in [0, 0.05) is 11.7 Å². The molecule has 1 heterocycles. The van der Waals surface area contributed by atoms with Crippen LogP contribution < -0.4 is 5.32 Å². The normalized spacial score (nSPS) is 11.3. The zero-order chi connectivity index (χ0) is 12.9. The molecule has 0 aromatic carbocycles. The van der Waals surface area contributed by atoms with Crippen LogP contribution in [0.15, 0.2) is 23.4 Å². The lowest BCUT2D eigenvalue weighted by Gasteiger charge is -2.24. The molecule has 0 aliphatic rings. The zero-order valence-corrected chi connectivity index (χ0v) is 11.9. The minimum Gasteiger partial charge on any atom is -0.351 e. The molecule has 0 radical (unpaired) electrons. The molecule has 1 amide bonds. The molecular weight excluding hydrogens is 256 g/mol. The highest BCUT2D eigenvalue weighted by molar-refractivity contribution is 8.00. The third-order valence-corrected chi connectivity index (χ3v) is 3.85. The Morgan fingerprint density at radius 3 is 2.88 bits per heavy atom. The van der Waals surface area contributed by atoms with Crippen molar-refractivity contribution in [1.29, 1.82) is 0 Å². The van der Waals surface area contributed by atoms with Crippen LogP contribution >= 0.6 is 23.4 Å². The van der Waals surface area contributed by atoms with Crippen molar-refractivity contribution in [2.45, 2.75) is 37.8 Å².